The SMILES string of the molecule is Cc1ccc(NC(=O)c2ccc(C=O)cc2)cc1S(=O)(=O)N1CCCCC1. The standard InChI is InChI=1S/C20H22N2O4S/c1-15-5-10-18(21-20(24)17-8-6-16(14-23)7-9-17)13-19(15)27(25,26)22-11-3-2-4-12-22/h5-10,13-14H,2-4,11-12H2,1H3,(H,21,24). The number of sulfonamides is 1. The maximum absolute atomic E-state index is 13.0. The van der Waals surface area contributed by atoms with Gasteiger partial charge in [0.2, 0.25) is 10.0 Å². The Hall–Kier alpha value is -2.51. The molecule has 2 aromatic rings. The quantitative estimate of drug-likeness (QED) is 0.800. The molecule has 1 heterocycles. The normalized spacial score (nSPS) is 15.3. The molecule has 6 nitrogen and oxygen atoms in total. The van der Waals surface area contributed by atoms with Crippen molar-refractivity contribution in [3.05, 3.63) is 59.2 Å². The second-order valence-electron chi connectivity index (χ2n) is 6.64. The second-order valence-corrected chi connectivity index (χ2v) is 8.55. The summed E-state index contributed by atoms with van der Waals surface area (Å²) in [6, 6.07) is 11.1. The van der Waals surface area contributed by atoms with Crippen LogP contribution in [0.15, 0.2) is 47.4 Å². The Morgan fingerprint density at radius 1 is 1.04 bits per heavy atom. The maximum Gasteiger partial charge on any atom is 0.255 e. The van der Waals surface area contributed by atoms with Gasteiger partial charge in [0.15, 0.2) is 0 Å². The first-order valence-corrected chi connectivity index (χ1v) is 10.3. The molecule has 1 amide bonds. The first-order valence-electron chi connectivity index (χ1n) is 8.89. The van der Waals surface area contributed by atoms with E-state index in [2.05, 4.69) is 5.32 Å². The summed E-state index contributed by atoms with van der Waals surface area (Å²) in [5.41, 5.74) is 1.94. The van der Waals surface area contributed by atoms with Gasteiger partial charge in [-0.25, -0.2) is 8.42 Å². The summed E-state index contributed by atoms with van der Waals surface area (Å²) < 4.78 is 27.4. The zero-order valence-corrected chi connectivity index (χ0v) is 16.0. The number of benzene rings is 2. The Balaban J connectivity index is 1.84. The predicted octanol–water partition coefficient (Wildman–Crippen LogP) is 3.23. The van der Waals surface area contributed by atoms with Crippen LogP contribution >= 0.6 is 0 Å². The van der Waals surface area contributed by atoms with Crippen molar-refractivity contribution in [3.8, 4) is 0 Å². The van der Waals surface area contributed by atoms with Gasteiger partial charge in [0.25, 0.3) is 5.91 Å². The largest absolute Gasteiger partial charge is 0.322 e. The van der Waals surface area contributed by atoms with Gasteiger partial charge in [-0.15, -0.1) is 0 Å². The van der Waals surface area contributed by atoms with Crippen molar-refractivity contribution in [1.29, 1.82) is 0 Å². The van der Waals surface area contributed by atoms with Crippen molar-refractivity contribution in [2.75, 3.05) is 18.4 Å². The van der Waals surface area contributed by atoms with Crippen LogP contribution in [0.1, 0.15) is 45.5 Å². The van der Waals surface area contributed by atoms with Crippen LogP contribution in [0, 0.1) is 6.92 Å². The van der Waals surface area contributed by atoms with Gasteiger partial charge in [0.05, 0.1) is 4.90 Å². The number of carbonyl (C=O) groups is 2. The molecule has 142 valence electrons. The molecule has 1 fully saturated rings. The average Bonchev–Trinajstić information content (AvgIpc) is 2.70. The highest BCUT2D eigenvalue weighted by molar-refractivity contribution is 7.89. The highest BCUT2D eigenvalue weighted by Crippen LogP contribution is 2.26. The average molecular weight is 386 g/mol. The van der Waals surface area contributed by atoms with Gasteiger partial charge >= 0.3 is 0 Å². The molecule has 3 rings (SSSR count). The van der Waals surface area contributed by atoms with E-state index in [0.29, 0.717) is 41.8 Å². The minimum absolute atomic E-state index is 0.221. The van der Waals surface area contributed by atoms with Crippen molar-refractivity contribution in [3.63, 3.8) is 0 Å². The van der Waals surface area contributed by atoms with Crippen LogP contribution in [-0.4, -0.2) is 38.0 Å². The van der Waals surface area contributed by atoms with Crippen LogP contribution in [0.5, 0.6) is 0 Å². The lowest BCUT2D eigenvalue weighted by atomic mass is 10.1. The number of hydrogen-bond donors (Lipinski definition) is 1. The minimum Gasteiger partial charge on any atom is -0.322 e. The summed E-state index contributed by atoms with van der Waals surface area (Å²) in [6.07, 6.45) is 3.49. The molecule has 1 saturated heterocycles. The van der Waals surface area contributed by atoms with Crippen LogP contribution in [-0.2, 0) is 10.0 Å². The van der Waals surface area contributed by atoms with Gasteiger partial charge < -0.3 is 5.32 Å². The molecule has 1 N–H and O–H groups in total. The van der Waals surface area contributed by atoms with Crippen molar-refractivity contribution in [2.24, 2.45) is 0 Å². The fraction of sp³-hybridized carbons (Fsp3) is 0.300. The van der Waals surface area contributed by atoms with Crippen molar-refractivity contribution in [1.82, 2.24) is 4.31 Å². The van der Waals surface area contributed by atoms with Gasteiger partial charge in [-0.1, -0.05) is 24.6 Å². The summed E-state index contributed by atoms with van der Waals surface area (Å²) in [5, 5.41) is 2.73. The molecule has 0 radical (unpaired) electrons. The van der Waals surface area contributed by atoms with Gasteiger partial charge in [-0.2, -0.15) is 4.31 Å². The van der Waals surface area contributed by atoms with E-state index in [0.717, 1.165) is 19.3 Å². The van der Waals surface area contributed by atoms with Gasteiger partial charge in [0, 0.05) is 29.9 Å². The molecular weight excluding hydrogens is 364 g/mol. The number of piperidine rings is 1. The van der Waals surface area contributed by atoms with E-state index in [4.69, 9.17) is 0 Å². The molecule has 0 atom stereocenters. The molecule has 0 spiro atoms. The summed E-state index contributed by atoms with van der Waals surface area (Å²) in [6.45, 7) is 2.81. The topological polar surface area (TPSA) is 83.5 Å². The number of nitrogens with one attached hydrogen (secondary N) is 1. The van der Waals surface area contributed by atoms with E-state index in [1.54, 1.807) is 43.3 Å². The van der Waals surface area contributed by atoms with E-state index in [9.17, 15) is 18.0 Å². The lowest BCUT2D eigenvalue weighted by molar-refractivity contribution is 0.102. The zero-order chi connectivity index (χ0) is 19.4. The lowest BCUT2D eigenvalue weighted by Gasteiger charge is -2.26. The monoisotopic (exact) mass is 386 g/mol. The predicted molar refractivity (Wildman–Crippen MR) is 104 cm³/mol. The van der Waals surface area contributed by atoms with E-state index >= 15 is 0 Å². The van der Waals surface area contributed by atoms with Gasteiger partial charge in [0.1, 0.15) is 6.29 Å². The fourth-order valence-corrected chi connectivity index (χ4v) is 4.88. The van der Waals surface area contributed by atoms with Gasteiger partial charge in [-0.3, -0.25) is 9.59 Å². The number of rotatable bonds is 5. The minimum atomic E-state index is -3.58. The summed E-state index contributed by atoms with van der Waals surface area (Å²) in [4.78, 5) is 23.3. The molecule has 27 heavy (non-hydrogen) atoms. The zero-order valence-electron chi connectivity index (χ0n) is 15.1. The molecule has 1 aliphatic rings. The molecule has 0 unspecified atom stereocenters. The molecule has 0 bridgehead atoms. The lowest BCUT2D eigenvalue weighted by Crippen LogP contribution is -2.36. The molecule has 0 saturated carbocycles. The first-order chi connectivity index (χ1) is 12.9. The van der Waals surface area contributed by atoms with Crippen molar-refractivity contribution >= 4 is 27.9 Å². The van der Waals surface area contributed by atoms with E-state index in [1.165, 1.54) is 10.4 Å². The van der Waals surface area contributed by atoms with Crippen molar-refractivity contribution < 1.29 is 18.0 Å². The first kappa shape index (κ1) is 19.3. The third-order valence-corrected chi connectivity index (χ3v) is 6.73. The van der Waals surface area contributed by atoms with E-state index < -0.39 is 10.0 Å². The molecule has 2 aromatic carbocycles. The Bertz CT molecular complexity index is 946. The Labute approximate surface area is 159 Å². The maximum atomic E-state index is 13.0. The number of hydrogen-bond acceptors (Lipinski definition) is 4. The van der Waals surface area contributed by atoms with Gasteiger partial charge in [-0.05, 0) is 49.6 Å². The number of anilines is 1. The summed E-state index contributed by atoms with van der Waals surface area (Å²) in [5.74, 6) is -0.363. The molecule has 7 heteroatoms. The number of nitrogens with zero attached hydrogens (tertiary/aromatic N) is 1. The van der Waals surface area contributed by atoms with Crippen LogP contribution < -0.4 is 5.32 Å². The van der Waals surface area contributed by atoms with Crippen LogP contribution in [0.3, 0.4) is 0 Å². The third-order valence-electron chi connectivity index (χ3n) is 4.69. The smallest absolute Gasteiger partial charge is 0.255 e. The fourth-order valence-electron chi connectivity index (χ4n) is 3.12. The number of carbonyl (C=O) groups excluding carboxylic acids is 2. The Morgan fingerprint density at radius 3 is 2.33 bits per heavy atom. The van der Waals surface area contributed by atoms with E-state index in [-0.39, 0.29) is 10.8 Å². The molecular formula is C20H22N2O4S. The summed E-state index contributed by atoms with van der Waals surface area (Å²) in [7, 11) is -3.58. The Morgan fingerprint density at radius 2 is 1.70 bits per heavy atom. The molecule has 0 aromatic heterocycles. The molecule has 0 aliphatic carbocycles. The number of amides is 1. The number of aldehydes is 1. The third kappa shape index (κ3) is 4.26. The van der Waals surface area contributed by atoms with Crippen LogP contribution in [0.25, 0.3) is 0 Å². The second kappa shape index (κ2) is 8.02. The van der Waals surface area contributed by atoms with Crippen molar-refractivity contribution in [2.45, 2.75) is 31.1 Å². The van der Waals surface area contributed by atoms with Crippen LogP contribution in [0.2, 0.25) is 0 Å². The summed E-state index contributed by atoms with van der Waals surface area (Å²) >= 11 is 0. The van der Waals surface area contributed by atoms with Crippen LogP contribution in [0.4, 0.5) is 5.69 Å². The van der Waals surface area contributed by atoms with E-state index in [1.807, 2.05) is 0 Å². The number of aryl methyl sites for hydroxylation is 1. The highest BCUT2D eigenvalue weighted by atomic mass is 32.2. The Kier molecular flexibility index (Phi) is 5.72. The highest BCUT2D eigenvalue weighted by Gasteiger charge is 2.27. The molecule has 1 aliphatic heterocycles.